The van der Waals surface area contributed by atoms with Gasteiger partial charge in [0.25, 0.3) is 5.92 Å². The van der Waals surface area contributed by atoms with E-state index in [1.165, 1.54) is 12.1 Å². The van der Waals surface area contributed by atoms with Gasteiger partial charge < -0.3 is 5.32 Å². The van der Waals surface area contributed by atoms with Crippen LogP contribution in [0.4, 0.5) is 14.5 Å². The fraction of sp³-hybridized carbons (Fsp3) is 0.200. The third kappa shape index (κ3) is 2.67. The van der Waals surface area contributed by atoms with Crippen molar-refractivity contribution in [1.82, 2.24) is 0 Å². The third-order valence-corrected chi connectivity index (χ3v) is 2.90. The molecule has 94 valence electrons. The molecule has 0 radical (unpaired) electrons. The summed E-state index contributed by atoms with van der Waals surface area (Å²) in [6.45, 7) is 0.906. The summed E-state index contributed by atoms with van der Waals surface area (Å²) < 4.78 is 26.2. The molecule has 0 fully saturated rings. The first kappa shape index (κ1) is 12.6. The summed E-state index contributed by atoms with van der Waals surface area (Å²) in [5.74, 6) is -2.78. The molecule has 2 aromatic rings. The minimum atomic E-state index is -2.78. The van der Waals surface area contributed by atoms with Crippen molar-refractivity contribution in [3.63, 3.8) is 0 Å². The smallest absolute Gasteiger partial charge is 0.270 e. The first-order valence-corrected chi connectivity index (χ1v) is 5.77. The number of hydrogen-bond donors (Lipinski definition) is 1. The average Bonchev–Trinajstić information content (AvgIpc) is 2.38. The van der Waals surface area contributed by atoms with E-state index in [0.717, 1.165) is 23.7 Å². The zero-order chi connectivity index (χ0) is 13.2. The second-order valence-electron chi connectivity index (χ2n) is 4.29. The van der Waals surface area contributed by atoms with Crippen LogP contribution in [0.25, 0.3) is 11.1 Å². The number of nitrogens with one attached hydrogen (secondary N) is 1. The lowest BCUT2D eigenvalue weighted by atomic mass is 10.0. The highest BCUT2D eigenvalue weighted by Gasteiger charge is 2.23. The lowest BCUT2D eigenvalue weighted by molar-refractivity contribution is 0.0175. The normalized spacial score (nSPS) is 11.3. The van der Waals surface area contributed by atoms with Crippen molar-refractivity contribution in [2.24, 2.45) is 0 Å². The zero-order valence-corrected chi connectivity index (χ0v) is 10.4. The number of benzene rings is 2. The molecule has 0 spiro atoms. The Kier molecular flexibility index (Phi) is 3.32. The number of anilines is 1. The number of rotatable bonds is 3. The van der Waals surface area contributed by atoms with E-state index in [2.05, 4.69) is 5.32 Å². The highest BCUT2D eigenvalue weighted by atomic mass is 19.3. The van der Waals surface area contributed by atoms with E-state index in [9.17, 15) is 8.78 Å². The van der Waals surface area contributed by atoms with Gasteiger partial charge in [-0.1, -0.05) is 36.4 Å². The SMILES string of the molecule is CNc1ccc(-c2ccc(C(C)(F)F)cc2)cc1. The molecule has 1 N–H and O–H groups in total. The molecule has 0 aromatic heterocycles. The first-order valence-electron chi connectivity index (χ1n) is 5.77. The van der Waals surface area contributed by atoms with Crippen molar-refractivity contribution in [3.8, 4) is 11.1 Å². The van der Waals surface area contributed by atoms with Crippen LogP contribution >= 0.6 is 0 Å². The average molecular weight is 247 g/mol. The molecule has 0 heterocycles. The van der Waals surface area contributed by atoms with E-state index >= 15 is 0 Å². The van der Waals surface area contributed by atoms with Crippen molar-refractivity contribution in [2.75, 3.05) is 12.4 Å². The molecule has 1 nitrogen and oxygen atoms in total. The van der Waals surface area contributed by atoms with E-state index in [1.54, 1.807) is 12.1 Å². The van der Waals surface area contributed by atoms with Crippen LogP contribution < -0.4 is 5.32 Å². The quantitative estimate of drug-likeness (QED) is 0.841. The van der Waals surface area contributed by atoms with Crippen LogP contribution in [-0.2, 0) is 5.92 Å². The van der Waals surface area contributed by atoms with Gasteiger partial charge in [-0.3, -0.25) is 0 Å². The van der Waals surface area contributed by atoms with Crippen molar-refractivity contribution in [1.29, 1.82) is 0 Å². The molecule has 0 atom stereocenters. The van der Waals surface area contributed by atoms with Gasteiger partial charge in [0.05, 0.1) is 0 Å². The van der Waals surface area contributed by atoms with E-state index in [1.807, 2.05) is 31.3 Å². The summed E-state index contributed by atoms with van der Waals surface area (Å²) >= 11 is 0. The molecule has 0 aliphatic rings. The summed E-state index contributed by atoms with van der Waals surface area (Å²) in [4.78, 5) is 0. The molecule has 0 saturated carbocycles. The minimum Gasteiger partial charge on any atom is -0.388 e. The maximum Gasteiger partial charge on any atom is 0.270 e. The fourth-order valence-electron chi connectivity index (χ4n) is 1.78. The molecule has 0 saturated heterocycles. The monoisotopic (exact) mass is 247 g/mol. The first-order chi connectivity index (χ1) is 8.50. The van der Waals surface area contributed by atoms with Gasteiger partial charge in [0.15, 0.2) is 0 Å². The van der Waals surface area contributed by atoms with Crippen LogP contribution in [0.15, 0.2) is 48.5 Å². The Morgan fingerprint density at radius 3 is 1.67 bits per heavy atom. The van der Waals surface area contributed by atoms with Crippen molar-refractivity contribution < 1.29 is 8.78 Å². The van der Waals surface area contributed by atoms with Gasteiger partial charge >= 0.3 is 0 Å². The molecular weight excluding hydrogens is 232 g/mol. The standard InChI is InChI=1S/C15H15F2N/c1-15(16,17)13-7-3-11(4-8-13)12-5-9-14(18-2)10-6-12/h3-10,18H,1-2H3. The molecule has 0 aliphatic carbocycles. The number of halogens is 2. The minimum absolute atomic E-state index is 0.0399. The van der Waals surface area contributed by atoms with Gasteiger partial charge in [-0.25, -0.2) is 8.78 Å². The zero-order valence-electron chi connectivity index (χ0n) is 10.4. The van der Waals surface area contributed by atoms with E-state index in [-0.39, 0.29) is 5.56 Å². The van der Waals surface area contributed by atoms with Crippen molar-refractivity contribution in [3.05, 3.63) is 54.1 Å². The summed E-state index contributed by atoms with van der Waals surface area (Å²) in [6.07, 6.45) is 0. The van der Waals surface area contributed by atoms with Crippen LogP contribution in [0.2, 0.25) is 0 Å². The van der Waals surface area contributed by atoms with Crippen LogP contribution in [0, 0.1) is 0 Å². The molecule has 2 aromatic carbocycles. The number of alkyl halides is 2. The largest absolute Gasteiger partial charge is 0.388 e. The summed E-state index contributed by atoms with van der Waals surface area (Å²) in [6, 6.07) is 14.2. The Morgan fingerprint density at radius 1 is 0.833 bits per heavy atom. The lowest BCUT2D eigenvalue weighted by Crippen LogP contribution is -2.06. The van der Waals surface area contributed by atoms with Gasteiger partial charge in [-0.05, 0) is 23.3 Å². The Balaban J connectivity index is 2.28. The van der Waals surface area contributed by atoms with Gasteiger partial charge in [0.1, 0.15) is 0 Å². The maximum atomic E-state index is 13.1. The van der Waals surface area contributed by atoms with E-state index in [4.69, 9.17) is 0 Å². The van der Waals surface area contributed by atoms with E-state index < -0.39 is 5.92 Å². The Bertz CT molecular complexity index is 510. The summed E-state index contributed by atoms with van der Waals surface area (Å²) in [7, 11) is 1.85. The predicted octanol–water partition coefficient (Wildman–Crippen LogP) is 4.51. The maximum absolute atomic E-state index is 13.1. The molecular formula is C15H15F2N. The highest BCUT2D eigenvalue weighted by Crippen LogP contribution is 2.29. The van der Waals surface area contributed by atoms with Crippen molar-refractivity contribution in [2.45, 2.75) is 12.8 Å². The second-order valence-corrected chi connectivity index (χ2v) is 4.29. The van der Waals surface area contributed by atoms with Crippen LogP contribution in [0.1, 0.15) is 12.5 Å². The molecule has 2 rings (SSSR count). The van der Waals surface area contributed by atoms with Crippen LogP contribution in [0.5, 0.6) is 0 Å². The highest BCUT2D eigenvalue weighted by molar-refractivity contribution is 5.66. The molecule has 0 aliphatic heterocycles. The van der Waals surface area contributed by atoms with Gasteiger partial charge in [0, 0.05) is 25.2 Å². The van der Waals surface area contributed by atoms with Crippen molar-refractivity contribution >= 4 is 5.69 Å². The van der Waals surface area contributed by atoms with Gasteiger partial charge in [-0.15, -0.1) is 0 Å². The van der Waals surface area contributed by atoms with E-state index in [0.29, 0.717) is 0 Å². The van der Waals surface area contributed by atoms with Gasteiger partial charge in [0.2, 0.25) is 0 Å². The summed E-state index contributed by atoms with van der Waals surface area (Å²) in [5.41, 5.74) is 3.01. The predicted molar refractivity (Wildman–Crippen MR) is 71.0 cm³/mol. The molecule has 3 heteroatoms. The molecule has 18 heavy (non-hydrogen) atoms. The topological polar surface area (TPSA) is 12.0 Å². The van der Waals surface area contributed by atoms with Gasteiger partial charge in [-0.2, -0.15) is 0 Å². The molecule has 0 bridgehead atoms. The molecule has 0 amide bonds. The third-order valence-electron chi connectivity index (χ3n) is 2.90. The van der Waals surface area contributed by atoms with Crippen LogP contribution in [-0.4, -0.2) is 7.05 Å². The Morgan fingerprint density at radius 2 is 1.28 bits per heavy atom. The Labute approximate surface area is 105 Å². The second kappa shape index (κ2) is 4.77. The fourth-order valence-corrected chi connectivity index (χ4v) is 1.78. The number of hydrogen-bond acceptors (Lipinski definition) is 1. The summed E-state index contributed by atoms with van der Waals surface area (Å²) in [5, 5.41) is 3.04. The lowest BCUT2D eigenvalue weighted by Gasteiger charge is -2.11. The molecule has 0 unspecified atom stereocenters. The Hall–Kier alpha value is -1.90. The van der Waals surface area contributed by atoms with Crippen LogP contribution in [0.3, 0.4) is 0 Å².